The van der Waals surface area contributed by atoms with E-state index >= 15 is 0 Å². The fourth-order valence-electron chi connectivity index (χ4n) is 3.21. The molecule has 2 aromatic carbocycles. The minimum atomic E-state index is -0.246. The van der Waals surface area contributed by atoms with Crippen molar-refractivity contribution in [2.24, 2.45) is 5.10 Å². The van der Waals surface area contributed by atoms with E-state index in [1.54, 1.807) is 24.3 Å². The van der Waals surface area contributed by atoms with E-state index in [-0.39, 0.29) is 11.9 Å². The van der Waals surface area contributed by atoms with E-state index in [0.717, 1.165) is 32.0 Å². The highest BCUT2D eigenvalue weighted by Crippen LogP contribution is 2.12. The van der Waals surface area contributed by atoms with Crippen molar-refractivity contribution in [2.45, 2.75) is 13.0 Å². The van der Waals surface area contributed by atoms with Gasteiger partial charge in [0.15, 0.2) is 6.04 Å². The molecule has 136 valence electrons. The minimum Gasteiger partial charge on any atom is -0.370 e. The molecule has 1 aliphatic heterocycles. The highest BCUT2D eigenvalue weighted by molar-refractivity contribution is 6.30. The average Bonchev–Trinajstić information content (AvgIpc) is 2.68. The first-order chi connectivity index (χ1) is 12.6. The summed E-state index contributed by atoms with van der Waals surface area (Å²) >= 11 is 5.87. The van der Waals surface area contributed by atoms with Gasteiger partial charge in [-0.05, 0) is 31.2 Å². The SMILES string of the molecule is C/C(=N/NC(=O)c1ccc(Cl)cc1)[C@H](c1ccccc1)[NH+]1CCOCC1. The standard InChI is InChI=1S/C20H22ClN3O2/c1-15(22-23-20(25)17-7-9-18(21)10-8-17)19(16-5-3-2-4-6-16)24-11-13-26-14-12-24/h2-10,19H,11-14H2,1H3,(H,23,25)/p+1/b22-15-/t19-/m1/s1. The number of hydrogen-bond acceptors (Lipinski definition) is 3. The van der Waals surface area contributed by atoms with Crippen LogP contribution in [0.15, 0.2) is 59.7 Å². The Morgan fingerprint density at radius 1 is 1.12 bits per heavy atom. The van der Waals surface area contributed by atoms with Crippen LogP contribution < -0.4 is 10.3 Å². The van der Waals surface area contributed by atoms with Crippen LogP contribution in [0.5, 0.6) is 0 Å². The van der Waals surface area contributed by atoms with Crippen LogP contribution in [-0.4, -0.2) is 37.9 Å². The fraction of sp³-hybridized carbons (Fsp3) is 0.300. The van der Waals surface area contributed by atoms with E-state index < -0.39 is 0 Å². The van der Waals surface area contributed by atoms with Crippen molar-refractivity contribution in [2.75, 3.05) is 26.3 Å². The molecule has 6 heteroatoms. The van der Waals surface area contributed by atoms with Gasteiger partial charge < -0.3 is 9.64 Å². The van der Waals surface area contributed by atoms with Crippen LogP contribution in [0, 0.1) is 0 Å². The maximum absolute atomic E-state index is 12.3. The van der Waals surface area contributed by atoms with Crippen LogP contribution in [0.25, 0.3) is 0 Å². The Morgan fingerprint density at radius 2 is 1.77 bits per heavy atom. The van der Waals surface area contributed by atoms with Gasteiger partial charge in [0.05, 0.1) is 18.9 Å². The summed E-state index contributed by atoms with van der Waals surface area (Å²) in [4.78, 5) is 13.7. The Kier molecular flexibility index (Phi) is 6.39. The highest BCUT2D eigenvalue weighted by Gasteiger charge is 2.29. The van der Waals surface area contributed by atoms with Gasteiger partial charge in [0.25, 0.3) is 5.91 Å². The molecule has 1 amide bonds. The van der Waals surface area contributed by atoms with E-state index in [4.69, 9.17) is 16.3 Å². The van der Waals surface area contributed by atoms with Crippen molar-refractivity contribution in [3.63, 3.8) is 0 Å². The number of hydrazone groups is 1. The Balaban J connectivity index is 1.77. The molecule has 0 radical (unpaired) electrons. The lowest BCUT2D eigenvalue weighted by Crippen LogP contribution is -3.15. The van der Waals surface area contributed by atoms with Crippen LogP contribution in [0.2, 0.25) is 5.02 Å². The number of nitrogens with zero attached hydrogens (tertiary/aromatic N) is 1. The summed E-state index contributed by atoms with van der Waals surface area (Å²) < 4.78 is 5.49. The number of benzene rings is 2. The number of carbonyl (C=O) groups excluding carboxylic acids is 1. The zero-order valence-electron chi connectivity index (χ0n) is 14.7. The Bertz CT molecular complexity index is 756. The van der Waals surface area contributed by atoms with Crippen LogP contribution >= 0.6 is 11.6 Å². The number of carbonyl (C=O) groups is 1. The predicted octanol–water partition coefficient (Wildman–Crippen LogP) is 2.10. The molecule has 1 aliphatic rings. The van der Waals surface area contributed by atoms with Crippen molar-refractivity contribution in [1.82, 2.24) is 5.43 Å². The molecule has 0 saturated carbocycles. The number of ether oxygens (including phenoxy) is 1. The molecule has 2 aromatic rings. The number of amides is 1. The largest absolute Gasteiger partial charge is 0.370 e. The number of nitrogens with one attached hydrogen (secondary N) is 2. The van der Waals surface area contributed by atoms with Crippen LogP contribution in [-0.2, 0) is 4.74 Å². The third-order valence-electron chi connectivity index (χ3n) is 4.53. The summed E-state index contributed by atoms with van der Waals surface area (Å²) in [5.41, 5.74) is 5.25. The van der Waals surface area contributed by atoms with Crippen molar-refractivity contribution in [3.8, 4) is 0 Å². The van der Waals surface area contributed by atoms with Gasteiger partial charge in [-0.1, -0.05) is 41.9 Å². The molecule has 2 N–H and O–H groups in total. The number of halogens is 1. The second kappa shape index (κ2) is 8.94. The maximum atomic E-state index is 12.3. The second-order valence-corrected chi connectivity index (χ2v) is 6.75. The number of hydrogen-bond donors (Lipinski definition) is 2. The van der Waals surface area contributed by atoms with E-state index in [1.807, 2.05) is 25.1 Å². The molecular weight excluding hydrogens is 350 g/mol. The Hall–Kier alpha value is -2.21. The van der Waals surface area contributed by atoms with E-state index in [9.17, 15) is 4.79 Å². The lowest BCUT2D eigenvalue weighted by atomic mass is 10.0. The molecule has 1 fully saturated rings. The first-order valence-corrected chi connectivity index (χ1v) is 9.10. The third kappa shape index (κ3) is 4.69. The topological polar surface area (TPSA) is 55.1 Å². The van der Waals surface area contributed by atoms with Gasteiger partial charge in [0.1, 0.15) is 13.1 Å². The van der Waals surface area contributed by atoms with Gasteiger partial charge in [-0.2, -0.15) is 5.10 Å². The fourth-order valence-corrected chi connectivity index (χ4v) is 3.34. The minimum absolute atomic E-state index is 0.0885. The van der Waals surface area contributed by atoms with Gasteiger partial charge in [0, 0.05) is 16.1 Å². The molecule has 26 heavy (non-hydrogen) atoms. The summed E-state index contributed by atoms with van der Waals surface area (Å²) in [5.74, 6) is -0.246. The van der Waals surface area contributed by atoms with Crippen LogP contribution in [0.1, 0.15) is 28.9 Å². The molecule has 0 spiro atoms. The first kappa shape index (κ1) is 18.6. The zero-order chi connectivity index (χ0) is 18.4. The molecule has 5 nitrogen and oxygen atoms in total. The molecule has 1 atom stereocenters. The molecule has 1 saturated heterocycles. The predicted molar refractivity (Wildman–Crippen MR) is 103 cm³/mol. The van der Waals surface area contributed by atoms with Gasteiger partial charge in [-0.15, -0.1) is 0 Å². The first-order valence-electron chi connectivity index (χ1n) is 8.72. The molecule has 1 heterocycles. The monoisotopic (exact) mass is 372 g/mol. The van der Waals surface area contributed by atoms with E-state index in [1.165, 1.54) is 10.5 Å². The average molecular weight is 373 g/mol. The second-order valence-electron chi connectivity index (χ2n) is 6.32. The third-order valence-corrected chi connectivity index (χ3v) is 4.79. The Labute approximate surface area is 158 Å². The summed E-state index contributed by atoms with van der Waals surface area (Å²) in [6.45, 7) is 5.27. The van der Waals surface area contributed by atoms with Gasteiger partial charge in [0.2, 0.25) is 0 Å². The van der Waals surface area contributed by atoms with E-state index in [2.05, 4.69) is 22.7 Å². The van der Waals surface area contributed by atoms with Crippen molar-refractivity contribution < 1.29 is 14.4 Å². The summed E-state index contributed by atoms with van der Waals surface area (Å²) in [5, 5.41) is 5.00. The quantitative estimate of drug-likeness (QED) is 0.624. The summed E-state index contributed by atoms with van der Waals surface area (Å²) in [6, 6.07) is 17.1. The van der Waals surface area contributed by atoms with Crippen LogP contribution in [0.3, 0.4) is 0 Å². The molecule has 0 unspecified atom stereocenters. The van der Waals surface area contributed by atoms with Crippen LogP contribution in [0.4, 0.5) is 0 Å². The summed E-state index contributed by atoms with van der Waals surface area (Å²) in [6.07, 6.45) is 0. The summed E-state index contributed by atoms with van der Waals surface area (Å²) in [7, 11) is 0. The lowest BCUT2D eigenvalue weighted by molar-refractivity contribution is -0.928. The molecule has 0 bridgehead atoms. The van der Waals surface area contributed by atoms with Crippen molar-refractivity contribution in [3.05, 3.63) is 70.7 Å². The number of rotatable bonds is 5. The molecular formula is C20H23ClN3O2+. The van der Waals surface area contributed by atoms with Crippen molar-refractivity contribution >= 4 is 23.2 Å². The van der Waals surface area contributed by atoms with Gasteiger partial charge >= 0.3 is 0 Å². The lowest BCUT2D eigenvalue weighted by Gasteiger charge is -2.31. The normalized spacial score (nSPS) is 16.9. The smallest absolute Gasteiger partial charge is 0.271 e. The number of quaternary nitrogens is 1. The number of morpholine rings is 1. The molecule has 0 aliphatic carbocycles. The molecule has 0 aromatic heterocycles. The Morgan fingerprint density at radius 3 is 2.42 bits per heavy atom. The van der Waals surface area contributed by atoms with E-state index in [0.29, 0.717) is 10.6 Å². The molecule has 3 rings (SSSR count). The maximum Gasteiger partial charge on any atom is 0.271 e. The van der Waals surface area contributed by atoms with Crippen molar-refractivity contribution in [1.29, 1.82) is 0 Å². The van der Waals surface area contributed by atoms with Gasteiger partial charge in [-0.25, -0.2) is 5.43 Å². The van der Waals surface area contributed by atoms with Gasteiger partial charge in [-0.3, -0.25) is 4.79 Å². The zero-order valence-corrected chi connectivity index (χ0v) is 15.5. The highest BCUT2D eigenvalue weighted by atomic mass is 35.5.